The summed E-state index contributed by atoms with van der Waals surface area (Å²) in [7, 11) is 3.99. The average molecular weight is 235 g/mol. The summed E-state index contributed by atoms with van der Waals surface area (Å²) in [5.74, 6) is 0.0449. The molecule has 0 saturated carbocycles. The van der Waals surface area contributed by atoms with E-state index in [1.165, 1.54) is 0 Å². The minimum Gasteiger partial charge on any atom is -0.399 e. The molecule has 4 nitrogen and oxygen atoms in total. The van der Waals surface area contributed by atoms with Crippen molar-refractivity contribution in [2.45, 2.75) is 19.4 Å². The Morgan fingerprint density at radius 3 is 2.47 bits per heavy atom. The van der Waals surface area contributed by atoms with Gasteiger partial charge in [-0.05, 0) is 38.7 Å². The van der Waals surface area contributed by atoms with Crippen LogP contribution < -0.4 is 11.1 Å². The Bertz CT molecular complexity index is 359. The van der Waals surface area contributed by atoms with E-state index in [0.29, 0.717) is 19.0 Å². The molecule has 0 aliphatic carbocycles. The SMILES string of the molecule is CC(CNC(=O)Cc1ccc(N)cc1)N(C)C. The molecule has 1 aromatic carbocycles. The van der Waals surface area contributed by atoms with Crippen molar-refractivity contribution in [3.63, 3.8) is 0 Å². The van der Waals surface area contributed by atoms with Gasteiger partial charge in [-0.3, -0.25) is 4.79 Å². The van der Waals surface area contributed by atoms with Gasteiger partial charge in [0.1, 0.15) is 0 Å². The van der Waals surface area contributed by atoms with E-state index in [1.54, 1.807) is 0 Å². The fourth-order valence-electron chi connectivity index (χ4n) is 1.33. The zero-order valence-corrected chi connectivity index (χ0v) is 10.7. The topological polar surface area (TPSA) is 58.4 Å². The molecule has 0 bridgehead atoms. The van der Waals surface area contributed by atoms with Crippen molar-refractivity contribution in [3.8, 4) is 0 Å². The lowest BCUT2D eigenvalue weighted by Gasteiger charge is -2.19. The first-order chi connectivity index (χ1) is 7.99. The van der Waals surface area contributed by atoms with Crippen LogP contribution in [-0.2, 0) is 11.2 Å². The normalized spacial score (nSPS) is 12.5. The number of carbonyl (C=O) groups is 1. The van der Waals surface area contributed by atoms with E-state index in [4.69, 9.17) is 5.73 Å². The predicted octanol–water partition coefficient (Wildman–Crippen LogP) is 0.878. The summed E-state index contributed by atoms with van der Waals surface area (Å²) in [5.41, 5.74) is 7.28. The number of nitrogens with two attached hydrogens (primary N) is 1. The molecule has 1 unspecified atom stereocenters. The zero-order valence-electron chi connectivity index (χ0n) is 10.7. The van der Waals surface area contributed by atoms with Crippen molar-refractivity contribution in [2.24, 2.45) is 0 Å². The summed E-state index contributed by atoms with van der Waals surface area (Å²) in [4.78, 5) is 13.7. The molecule has 1 aromatic rings. The molecule has 94 valence electrons. The van der Waals surface area contributed by atoms with Crippen LogP contribution in [-0.4, -0.2) is 37.5 Å². The van der Waals surface area contributed by atoms with Gasteiger partial charge < -0.3 is 16.0 Å². The third-order valence-corrected chi connectivity index (χ3v) is 2.82. The Balaban J connectivity index is 2.37. The van der Waals surface area contributed by atoms with Gasteiger partial charge in [-0.1, -0.05) is 12.1 Å². The van der Waals surface area contributed by atoms with Gasteiger partial charge in [-0.2, -0.15) is 0 Å². The number of nitrogens with zero attached hydrogens (tertiary/aromatic N) is 1. The molecular formula is C13H21N3O. The molecule has 0 aliphatic heterocycles. The molecule has 0 heterocycles. The number of rotatable bonds is 5. The molecule has 3 N–H and O–H groups in total. The van der Waals surface area contributed by atoms with Gasteiger partial charge in [0.15, 0.2) is 0 Å². The maximum absolute atomic E-state index is 11.7. The van der Waals surface area contributed by atoms with Crippen LogP contribution in [0.1, 0.15) is 12.5 Å². The van der Waals surface area contributed by atoms with E-state index in [-0.39, 0.29) is 5.91 Å². The molecule has 0 fully saturated rings. The molecule has 0 saturated heterocycles. The summed E-state index contributed by atoms with van der Waals surface area (Å²) in [6.07, 6.45) is 0.403. The first kappa shape index (κ1) is 13.5. The Morgan fingerprint density at radius 2 is 1.94 bits per heavy atom. The maximum Gasteiger partial charge on any atom is 0.224 e. The summed E-state index contributed by atoms with van der Waals surface area (Å²) in [6, 6.07) is 7.72. The summed E-state index contributed by atoms with van der Waals surface area (Å²) >= 11 is 0. The Labute approximate surface area is 103 Å². The van der Waals surface area contributed by atoms with Crippen LogP contribution in [0.2, 0.25) is 0 Å². The summed E-state index contributed by atoms with van der Waals surface area (Å²) in [5, 5.41) is 2.92. The van der Waals surface area contributed by atoms with Gasteiger partial charge in [-0.15, -0.1) is 0 Å². The number of hydrogen-bond donors (Lipinski definition) is 2. The van der Waals surface area contributed by atoms with E-state index >= 15 is 0 Å². The Kier molecular flexibility index (Phi) is 4.97. The number of hydrogen-bond acceptors (Lipinski definition) is 3. The quantitative estimate of drug-likeness (QED) is 0.745. The molecule has 17 heavy (non-hydrogen) atoms. The lowest BCUT2D eigenvalue weighted by molar-refractivity contribution is -0.120. The van der Waals surface area contributed by atoms with Crippen LogP contribution in [0.15, 0.2) is 24.3 Å². The summed E-state index contributed by atoms with van der Waals surface area (Å²) < 4.78 is 0. The molecule has 1 amide bonds. The van der Waals surface area contributed by atoms with Crippen LogP contribution in [0, 0.1) is 0 Å². The first-order valence-corrected chi connectivity index (χ1v) is 5.76. The molecular weight excluding hydrogens is 214 g/mol. The number of likely N-dealkylation sites (N-methyl/N-ethyl adjacent to an activating group) is 1. The van der Waals surface area contributed by atoms with Gasteiger partial charge in [-0.25, -0.2) is 0 Å². The van der Waals surface area contributed by atoms with E-state index in [2.05, 4.69) is 17.1 Å². The van der Waals surface area contributed by atoms with Crippen molar-refractivity contribution in [3.05, 3.63) is 29.8 Å². The molecule has 0 aromatic heterocycles. The average Bonchev–Trinajstić information content (AvgIpc) is 2.29. The third kappa shape index (κ3) is 4.87. The smallest absolute Gasteiger partial charge is 0.224 e. The highest BCUT2D eigenvalue weighted by Crippen LogP contribution is 2.05. The van der Waals surface area contributed by atoms with Gasteiger partial charge in [0.25, 0.3) is 0 Å². The van der Waals surface area contributed by atoms with Crippen LogP contribution >= 0.6 is 0 Å². The molecule has 0 radical (unpaired) electrons. The van der Waals surface area contributed by atoms with Crippen LogP contribution in [0.4, 0.5) is 5.69 Å². The summed E-state index contributed by atoms with van der Waals surface area (Å²) in [6.45, 7) is 2.74. The van der Waals surface area contributed by atoms with E-state index in [9.17, 15) is 4.79 Å². The second-order valence-corrected chi connectivity index (χ2v) is 4.54. The van der Waals surface area contributed by atoms with Crippen molar-refractivity contribution in [1.82, 2.24) is 10.2 Å². The fourth-order valence-corrected chi connectivity index (χ4v) is 1.33. The zero-order chi connectivity index (χ0) is 12.8. The second-order valence-electron chi connectivity index (χ2n) is 4.54. The lowest BCUT2D eigenvalue weighted by Crippen LogP contribution is -2.38. The number of amides is 1. The van der Waals surface area contributed by atoms with Crippen LogP contribution in [0.3, 0.4) is 0 Å². The molecule has 0 spiro atoms. The number of benzene rings is 1. The van der Waals surface area contributed by atoms with Crippen LogP contribution in [0.5, 0.6) is 0 Å². The number of nitrogen functional groups attached to an aromatic ring is 1. The monoisotopic (exact) mass is 235 g/mol. The van der Waals surface area contributed by atoms with E-state index < -0.39 is 0 Å². The van der Waals surface area contributed by atoms with Crippen LogP contribution in [0.25, 0.3) is 0 Å². The second kappa shape index (κ2) is 6.25. The Morgan fingerprint density at radius 1 is 1.35 bits per heavy atom. The van der Waals surface area contributed by atoms with Crippen molar-refractivity contribution in [1.29, 1.82) is 0 Å². The molecule has 0 aliphatic rings. The van der Waals surface area contributed by atoms with Gasteiger partial charge in [0.2, 0.25) is 5.91 Å². The van der Waals surface area contributed by atoms with E-state index in [0.717, 1.165) is 11.3 Å². The largest absolute Gasteiger partial charge is 0.399 e. The maximum atomic E-state index is 11.7. The predicted molar refractivity (Wildman–Crippen MR) is 70.7 cm³/mol. The van der Waals surface area contributed by atoms with Crippen molar-refractivity contribution in [2.75, 3.05) is 26.4 Å². The number of nitrogens with one attached hydrogen (secondary N) is 1. The highest BCUT2D eigenvalue weighted by atomic mass is 16.1. The van der Waals surface area contributed by atoms with Gasteiger partial charge in [0, 0.05) is 18.3 Å². The first-order valence-electron chi connectivity index (χ1n) is 5.76. The fraction of sp³-hybridized carbons (Fsp3) is 0.462. The van der Waals surface area contributed by atoms with Crippen molar-refractivity contribution >= 4 is 11.6 Å². The Hall–Kier alpha value is -1.55. The molecule has 1 rings (SSSR count). The van der Waals surface area contributed by atoms with E-state index in [1.807, 2.05) is 38.4 Å². The number of anilines is 1. The molecule has 1 atom stereocenters. The highest BCUT2D eigenvalue weighted by molar-refractivity contribution is 5.78. The molecule has 4 heteroatoms. The third-order valence-electron chi connectivity index (χ3n) is 2.82. The minimum absolute atomic E-state index is 0.0449. The van der Waals surface area contributed by atoms with Gasteiger partial charge >= 0.3 is 0 Å². The number of carbonyl (C=O) groups excluding carboxylic acids is 1. The minimum atomic E-state index is 0.0449. The van der Waals surface area contributed by atoms with Crippen molar-refractivity contribution < 1.29 is 4.79 Å². The standard InChI is InChI=1S/C13H21N3O/c1-10(16(2)3)9-15-13(17)8-11-4-6-12(14)7-5-11/h4-7,10H,8-9,14H2,1-3H3,(H,15,17). The highest BCUT2D eigenvalue weighted by Gasteiger charge is 2.07. The van der Waals surface area contributed by atoms with Gasteiger partial charge in [0.05, 0.1) is 6.42 Å². The lowest BCUT2D eigenvalue weighted by atomic mass is 10.1.